The first-order valence-electron chi connectivity index (χ1n) is 10.3. The van der Waals surface area contributed by atoms with Crippen LogP contribution in [0.5, 0.6) is 0 Å². The molecule has 0 aliphatic heterocycles. The standard InChI is InChI=1S/C23H29NO3S/c1-2-3-10-19-15-17-21(18-16-19)24(23(25)20-11-6-4-7-12-20)28(26,27)22-13-8-5-9-14-22/h5,8-9,13-18,20H,2-4,6-7,10-12H2,1H3. The summed E-state index contributed by atoms with van der Waals surface area (Å²) in [5, 5.41) is 0. The number of carbonyl (C=O) groups is 1. The molecule has 3 rings (SSSR count). The highest BCUT2D eigenvalue weighted by molar-refractivity contribution is 7.93. The van der Waals surface area contributed by atoms with E-state index >= 15 is 0 Å². The van der Waals surface area contributed by atoms with Crippen LogP contribution in [0.1, 0.15) is 57.4 Å². The number of unbranched alkanes of at least 4 members (excludes halogenated alkanes) is 1. The number of aryl methyl sites for hydroxylation is 1. The number of hydrogen-bond donors (Lipinski definition) is 0. The van der Waals surface area contributed by atoms with Crippen molar-refractivity contribution in [3.8, 4) is 0 Å². The first-order valence-corrected chi connectivity index (χ1v) is 11.7. The Bertz CT molecular complexity index is 870. The molecule has 0 saturated heterocycles. The van der Waals surface area contributed by atoms with Gasteiger partial charge in [0.15, 0.2) is 0 Å². The van der Waals surface area contributed by atoms with Crippen LogP contribution in [-0.2, 0) is 21.2 Å². The third-order valence-corrected chi connectivity index (χ3v) is 7.17. The van der Waals surface area contributed by atoms with Crippen molar-refractivity contribution in [2.75, 3.05) is 4.31 Å². The summed E-state index contributed by atoms with van der Waals surface area (Å²) in [7, 11) is -3.95. The van der Waals surface area contributed by atoms with E-state index in [9.17, 15) is 13.2 Å². The highest BCUT2D eigenvalue weighted by Gasteiger charge is 2.35. The van der Waals surface area contributed by atoms with Crippen LogP contribution >= 0.6 is 0 Å². The van der Waals surface area contributed by atoms with Gasteiger partial charge in [-0.25, -0.2) is 12.7 Å². The van der Waals surface area contributed by atoms with E-state index in [2.05, 4.69) is 6.92 Å². The summed E-state index contributed by atoms with van der Waals surface area (Å²) >= 11 is 0. The highest BCUT2D eigenvalue weighted by atomic mass is 32.2. The van der Waals surface area contributed by atoms with Crippen LogP contribution in [0, 0.1) is 5.92 Å². The van der Waals surface area contributed by atoms with E-state index in [0.717, 1.165) is 61.2 Å². The van der Waals surface area contributed by atoms with Crippen LogP contribution < -0.4 is 4.31 Å². The number of carbonyl (C=O) groups excluding carboxylic acids is 1. The van der Waals surface area contributed by atoms with E-state index in [1.807, 2.05) is 12.1 Å². The lowest BCUT2D eigenvalue weighted by Crippen LogP contribution is -2.41. The van der Waals surface area contributed by atoms with Gasteiger partial charge in [0.25, 0.3) is 10.0 Å². The molecular formula is C23H29NO3S. The van der Waals surface area contributed by atoms with Crippen molar-refractivity contribution in [3.63, 3.8) is 0 Å². The Kier molecular flexibility index (Phi) is 6.89. The maximum absolute atomic E-state index is 13.4. The molecule has 0 aromatic heterocycles. The Morgan fingerprint density at radius 2 is 1.61 bits per heavy atom. The average Bonchev–Trinajstić information content (AvgIpc) is 2.74. The molecule has 28 heavy (non-hydrogen) atoms. The zero-order valence-electron chi connectivity index (χ0n) is 16.5. The van der Waals surface area contributed by atoms with Crippen molar-refractivity contribution < 1.29 is 13.2 Å². The van der Waals surface area contributed by atoms with Gasteiger partial charge in [0, 0.05) is 5.92 Å². The predicted octanol–water partition coefficient (Wildman–Crippen LogP) is 5.33. The SMILES string of the molecule is CCCCc1ccc(N(C(=O)C2CCCCC2)S(=O)(=O)c2ccccc2)cc1. The minimum atomic E-state index is -3.95. The van der Waals surface area contributed by atoms with Gasteiger partial charge in [0.1, 0.15) is 0 Å². The van der Waals surface area contributed by atoms with Gasteiger partial charge in [-0.05, 0) is 55.5 Å². The number of nitrogens with zero attached hydrogens (tertiary/aromatic N) is 1. The fourth-order valence-corrected chi connectivity index (χ4v) is 5.27. The number of hydrogen-bond acceptors (Lipinski definition) is 3. The Morgan fingerprint density at radius 1 is 0.964 bits per heavy atom. The molecule has 2 aromatic carbocycles. The molecule has 0 N–H and O–H groups in total. The molecule has 0 heterocycles. The quantitative estimate of drug-likeness (QED) is 0.632. The second-order valence-corrected chi connectivity index (χ2v) is 9.31. The first kappa shape index (κ1) is 20.6. The summed E-state index contributed by atoms with van der Waals surface area (Å²) in [6.07, 6.45) is 7.74. The van der Waals surface area contributed by atoms with Crippen molar-refractivity contribution in [1.29, 1.82) is 0 Å². The zero-order valence-corrected chi connectivity index (χ0v) is 17.3. The Hall–Kier alpha value is -2.14. The minimum absolute atomic E-state index is 0.147. The van der Waals surface area contributed by atoms with Crippen LogP contribution in [-0.4, -0.2) is 14.3 Å². The summed E-state index contributed by atoms with van der Waals surface area (Å²) in [4.78, 5) is 13.5. The first-order chi connectivity index (χ1) is 13.5. The number of anilines is 1. The summed E-state index contributed by atoms with van der Waals surface area (Å²) < 4.78 is 27.8. The lowest BCUT2D eigenvalue weighted by molar-refractivity contribution is -0.122. The second kappa shape index (κ2) is 9.37. The van der Waals surface area contributed by atoms with Gasteiger partial charge < -0.3 is 0 Å². The summed E-state index contributed by atoms with van der Waals surface area (Å²) in [6, 6.07) is 15.7. The van der Waals surface area contributed by atoms with E-state index in [-0.39, 0.29) is 16.7 Å². The molecule has 0 atom stereocenters. The lowest BCUT2D eigenvalue weighted by atomic mass is 9.88. The molecule has 150 valence electrons. The Labute approximate surface area is 168 Å². The molecule has 1 amide bonds. The van der Waals surface area contributed by atoms with Crippen molar-refractivity contribution in [2.24, 2.45) is 5.92 Å². The van der Waals surface area contributed by atoms with Gasteiger partial charge in [-0.3, -0.25) is 4.79 Å². The molecule has 2 aromatic rings. The van der Waals surface area contributed by atoms with Gasteiger partial charge in [0.2, 0.25) is 5.91 Å². The van der Waals surface area contributed by atoms with Crippen molar-refractivity contribution >= 4 is 21.6 Å². The van der Waals surface area contributed by atoms with Gasteiger partial charge in [-0.15, -0.1) is 0 Å². The predicted molar refractivity (Wildman–Crippen MR) is 113 cm³/mol. The third-order valence-electron chi connectivity index (χ3n) is 5.43. The molecule has 1 saturated carbocycles. The van der Waals surface area contributed by atoms with Gasteiger partial charge in [-0.2, -0.15) is 0 Å². The second-order valence-electron chi connectivity index (χ2n) is 7.53. The smallest absolute Gasteiger partial charge is 0.270 e. The number of benzene rings is 2. The van der Waals surface area contributed by atoms with Crippen LogP contribution in [0.3, 0.4) is 0 Å². The Morgan fingerprint density at radius 3 is 2.21 bits per heavy atom. The van der Waals surface area contributed by atoms with E-state index < -0.39 is 10.0 Å². The van der Waals surface area contributed by atoms with Crippen LogP contribution in [0.4, 0.5) is 5.69 Å². The molecular weight excluding hydrogens is 370 g/mol. The number of rotatable bonds is 7. The summed E-state index contributed by atoms with van der Waals surface area (Å²) in [6.45, 7) is 2.14. The van der Waals surface area contributed by atoms with Gasteiger partial charge in [0.05, 0.1) is 10.6 Å². The monoisotopic (exact) mass is 399 g/mol. The minimum Gasteiger partial charge on any atom is -0.273 e. The molecule has 0 spiro atoms. The van der Waals surface area contributed by atoms with Crippen molar-refractivity contribution in [3.05, 3.63) is 60.2 Å². The number of sulfonamides is 1. The normalized spacial score (nSPS) is 15.3. The van der Waals surface area contributed by atoms with Gasteiger partial charge in [-0.1, -0.05) is 62.9 Å². The molecule has 0 unspecified atom stereocenters. The lowest BCUT2D eigenvalue weighted by Gasteiger charge is -2.29. The summed E-state index contributed by atoms with van der Waals surface area (Å²) in [5.41, 5.74) is 1.59. The van der Waals surface area contributed by atoms with Gasteiger partial charge >= 0.3 is 0 Å². The average molecular weight is 400 g/mol. The van der Waals surface area contributed by atoms with E-state index in [1.54, 1.807) is 42.5 Å². The number of amides is 1. The molecule has 1 fully saturated rings. The van der Waals surface area contributed by atoms with Crippen molar-refractivity contribution in [2.45, 2.75) is 63.2 Å². The van der Waals surface area contributed by atoms with Crippen LogP contribution in [0.25, 0.3) is 0 Å². The Balaban J connectivity index is 1.98. The molecule has 5 heteroatoms. The third kappa shape index (κ3) is 4.64. The van der Waals surface area contributed by atoms with E-state index in [0.29, 0.717) is 5.69 Å². The topological polar surface area (TPSA) is 54.5 Å². The fraction of sp³-hybridized carbons (Fsp3) is 0.435. The maximum Gasteiger partial charge on any atom is 0.270 e. The van der Waals surface area contributed by atoms with E-state index in [4.69, 9.17) is 0 Å². The highest BCUT2D eigenvalue weighted by Crippen LogP contribution is 2.31. The maximum atomic E-state index is 13.4. The molecule has 1 aliphatic carbocycles. The van der Waals surface area contributed by atoms with E-state index in [1.165, 1.54) is 0 Å². The largest absolute Gasteiger partial charge is 0.273 e. The molecule has 0 radical (unpaired) electrons. The molecule has 1 aliphatic rings. The zero-order chi connectivity index (χ0) is 20.0. The van der Waals surface area contributed by atoms with Crippen LogP contribution in [0.15, 0.2) is 59.5 Å². The van der Waals surface area contributed by atoms with Crippen molar-refractivity contribution in [1.82, 2.24) is 0 Å². The molecule has 0 bridgehead atoms. The van der Waals surface area contributed by atoms with Crippen LogP contribution in [0.2, 0.25) is 0 Å². The fourth-order valence-electron chi connectivity index (χ4n) is 3.78. The summed E-state index contributed by atoms with van der Waals surface area (Å²) in [5.74, 6) is -0.531. The molecule has 4 nitrogen and oxygen atoms in total.